The molecule has 2 unspecified atom stereocenters. The minimum Gasteiger partial charge on any atom is -0.326 e. The van der Waals surface area contributed by atoms with Gasteiger partial charge in [-0.3, -0.25) is 9.88 Å². The second kappa shape index (κ2) is 4.60. The van der Waals surface area contributed by atoms with Crippen molar-refractivity contribution in [1.29, 1.82) is 0 Å². The Hall–Kier alpha value is -0.450. The van der Waals surface area contributed by atoms with E-state index in [1.807, 2.05) is 12.4 Å². The summed E-state index contributed by atoms with van der Waals surface area (Å²) in [6, 6.07) is 2.44. The summed E-state index contributed by atoms with van der Waals surface area (Å²) in [5, 5.41) is 0. The molecule has 2 N–H and O–H groups in total. The number of nitrogens with zero attached hydrogens (tertiary/aromatic N) is 2. The fourth-order valence-corrected chi connectivity index (χ4v) is 2.44. The predicted octanol–water partition coefficient (Wildman–Crippen LogP) is 1.62. The van der Waals surface area contributed by atoms with Crippen LogP contribution in [-0.4, -0.2) is 29.0 Å². The van der Waals surface area contributed by atoms with Gasteiger partial charge >= 0.3 is 0 Å². The minimum atomic E-state index is 0.324. The molecule has 15 heavy (non-hydrogen) atoms. The van der Waals surface area contributed by atoms with Crippen molar-refractivity contribution in [1.82, 2.24) is 9.88 Å². The van der Waals surface area contributed by atoms with Gasteiger partial charge in [-0.05, 0) is 33.5 Å². The Labute approximate surface area is 98.8 Å². The Morgan fingerprint density at radius 3 is 2.93 bits per heavy atom. The summed E-state index contributed by atoms with van der Waals surface area (Å²) < 4.78 is 1.04. The second-order valence-corrected chi connectivity index (χ2v) is 5.26. The highest BCUT2D eigenvalue weighted by Gasteiger charge is 2.26. The van der Waals surface area contributed by atoms with Crippen LogP contribution in [-0.2, 0) is 6.54 Å². The van der Waals surface area contributed by atoms with Crippen molar-refractivity contribution in [3.05, 3.63) is 28.5 Å². The lowest BCUT2D eigenvalue weighted by Crippen LogP contribution is -2.28. The second-order valence-electron chi connectivity index (χ2n) is 4.35. The lowest BCUT2D eigenvalue weighted by Gasteiger charge is -2.14. The van der Waals surface area contributed by atoms with E-state index in [-0.39, 0.29) is 0 Å². The minimum absolute atomic E-state index is 0.324. The highest BCUT2D eigenvalue weighted by Crippen LogP contribution is 2.18. The van der Waals surface area contributed by atoms with Crippen molar-refractivity contribution in [2.75, 3.05) is 13.1 Å². The van der Waals surface area contributed by atoms with Gasteiger partial charge in [0.2, 0.25) is 0 Å². The Balaban J connectivity index is 1.98. The fourth-order valence-electron chi connectivity index (χ4n) is 2.02. The van der Waals surface area contributed by atoms with Crippen LogP contribution in [0, 0.1) is 5.92 Å². The Kier molecular flexibility index (Phi) is 3.38. The lowest BCUT2D eigenvalue weighted by molar-refractivity contribution is 0.318. The van der Waals surface area contributed by atoms with Crippen LogP contribution in [0.3, 0.4) is 0 Å². The monoisotopic (exact) mass is 269 g/mol. The molecule has 0 amide bonds. The van der Waals surface area contributed by atoms with Gasteiger partial charge in [0.05, 0.1) is 0 Å². The number of hydrogen-bond acceptors (Lipinski definition) is 3. The van der Waals surface area contributed by atoms with Crippen LogP contribution in [0.2, 0.25) is 0 Å². The van der Waals surface area contributed by atoms with Crippen LogP contribution in [0.4, 0.5) is 0 Å². The predicted molar refractivity (Wildman–Crippen MR) is 64.4 cm³/mol. The summed E-state index contributed by atoms with van der Waals surface area (Å²) in [6.07, 6.45) is 3.72. The smallest absolute Gasteiger partial charge is 0.0410 e. The van der Waals surface area contributed by atoms with Crippen LogP contribution < -0.4 is 5.73 Å². The molecule has 0 aromatic carbocycles. The SMILES string of the molecule is CC1CN(Cc2cncc(Br)c2)CC1N. The maximum absolute atomic E-state index is 5.99. The first kappa shape index (κ1) is 11.0. The van der Waals surface area contributed by atoms with Gasteiger partial charge in [-0.25, -0.2) is 0 Å². The van der Waals surface area contributed by atoms with Crippen molar-refractivity contribution in [3.8, 4) is 0 Å². The highest BCUT2D eigenvalue weighted by molar-refractivity contribution is 9.10. The van der Waals surface area contributed by atoms with Gasteiger partial charge < -0.3 is 5.73 Å². The summed E-state index contributed by atoms with van der Waals surface area (Å²) >= 11 is 3.43. The lowest BCUT2D eigenvalue weighted by atomic mass is 10.1. The van der Waals surface area contributed by atoms with Gasteiger partial charge in [-0.15, -0.1) is 0 Å². The van der Waals surface area contributed by atoms with Gasteiger partial charge in [0.25, 0.3) is 0 Å². The van der Waals surface area contributed by atoms with Crippen molar-refractivity contribution in [3.63, 3.8) is 0 Å². The quantitative estimate of drug-likeness (QED) is 0.888. The fraction of sp³-hybridized carbons (Fsp3) is 0.545. The number of aromatic nitrogens is 1. The van der Waals surface area contributed by atoms with E-state index in [2.05, 4.69) is 38.8 Å². The van der Waals surface area contributed by atoms with E-state index in [4.69, 9.17) is 5.73 Å². The third-order valence-electron chi connectivity index (χ3n) is 2.91. The average molecular weight is 270 g/mol. The summed E-state index contributed by atoms with van der Waals surface area (Å²) in [5.41, 5.74) is 7.23. The number of nitrogens with two attached hydrogens (primary N) is 1. The van der Waals surface area contributed by atoms with E-state index in [1.54, 1.807) is 0 Å². The molecule has 2 atom stereocenters. The number of hydrogen-bond donors (Lipinski definition) is 1. The number of halogens is 1. The molecule has 1 fully saturated rings. The zero-order valence-electron chi connectivity index (χ0n) is 8.86. The molecule has 0 bridgehead atoms. The van der Waals surface area contributed by atoms with E-state index in [0.29, 0.717) is 12.0 Å². The maximum atomic E-state index is 5.99. The number of likely N-dealkylation sites (tertiary alicyclic amines) is 1. The van der Waals surface area contributed by atoms with Crippen molar-refractivity contribution >= 4 is 15.9 Å². The molecule has 0 aliphatic carbocycles. The first-order chi connectivity index (χ1) is 7.15. The molecule has 1 saturated heterocycles. The van der Waals surface area contributed by atoms with E-state index in [1.165, 1.54) is 5.56 Å². The molecular weight excluding hydrogens is 254 g/mol. The largest absolute Gasteiger partial charge is 0.326 e. The molecule has 2 heterocycles. The molecule has 1 aromatic heterocycles. The molecule has 1 aliphatic heterocycles. The van der Waals surface area contributed by atoms with Gasteiger partial charge in [-0.1, -0.05) is 6.92 Å². The zero-order valence-corrected chi connectivity index (χ0v) is 10.4. The molecule has 1 aromatic rings. The zero-order chi connectivity index (χ0) is 10.8. The molecule has 1 aliphatic rings. The van der Waals surface area contributed by atoms with Gasteiger partial charge in [0.1, 0.15) is 0 Å². The van der Waals surface area contributed by atoms with Crippen molar-refractivity contribution < 1.29 is 0 Å². The standard InChI is InChI=1S/C11H16BrN3/c1-8-5-15(7-11(8)13)6-9-2-10(12)4-14-3-9/h2-4,8,11H,5-7,13H2,1H3. The summed E-state index contributed by atoms with van der Waals surface area (Å²) in [6.45, 7) is 5.25. The van der Waals surface area contributed by atoms with Crippen LogP contribution in [0.15, 0.2) is 22.9 Å². The Morgan fingerprint density at radius 1 is 1.53 bits per heavy atom. The molecule has 0 saturated carbocycles. The average Bonchev–Trinajstić information content (AvgIpc) is 2.45. The van der Waals surface area contributed by atoms with Crippen molar-refractivity contribution in [2.24, 2.45) is 11.7 Å². The first-order valence-electron chi connectivity index (χ1n) is 5.22. The van der Waals surface area contributed by atoms with E-state index in [9.17, 15) is 0 Å². The summed E-state index contributed by atoms with van der Waals surface area (Å²) in [5.74, 6) is 0.602. The molecular formula is C11H16BrN3. The molecule has 2 rings (SSSR count). The van der Waals surface area contributed by atoms with E-state index >= 15 is 0 Å². The van der Waals surface area contributed by atoms with Crippen LogP contribution >= 0.6 is 15.9 Å². The van der Waals surface area contributed by atoms with Gasteiger partial charge in [0, 0.05) is 42.5 Å². The van der Waals surface area contributed by atoms with Gasteiger partial charge in [0.15, 0.2) is 0 Å². The normalized spacial score (nSPS) is 27.1. The maximum Gasteiger partial charge on any atom is 0.0410 e. The number of rotatable bonds is 2. The van der Waals surface area contributed by atoms with E-state index < -0.39 is 0 Å². The molecule has 82 valence electrons. The highest BCUT2D eigenvalue weighted by atomic mass is 79.9. The van der Waals surface area contributed by atoms with Crippen LogP contribution in [0.25, 0.3) is 0 Å². The topological polar surface area (TPSA) is 42.2 Å². The Bertz CT molecular complexity index is 332. The van der Waals surface area contributed by atoms with Gasteiger partial charge in [-0.2, -0.15) is 0 Å². The number of pyridine rings is 1. The Morgan fingerprint density at radius 2 is 2.33 bits per heavy atom. The molecule has 0 radical (unpaired) electrons. The first-order valence-corrected chi connectivity index (χ1v) is 6.02. The third kappa shape index (κ3) is 2.77. The molecule has 0 spiro atoms. The third-order valence-corrected chi connectivity index (χ3v) is 3.35. The summed E-state index contributed by atoms with van der Waals surface area (Å²) in [4.78, 5) is 6.55. The molecule has 4 heteroatoms. The van der Waals surface area contributed by atoms with Crippen molar-refractivity contribution in [2.45, 2.75) is 19.5 Å². The molecule has 3 nitrogen and oxygen atoms in total. The van der Waals surface area contributed by atoms with E-state index in [0.717, 1.165) is 24.1 Å². The summed E-state index contributed by atoms with van der Waals surface area (Å²) in [7, 11) is 0. The van der Waals surface area contributed by atoms with Crippen LogP contribution in [0.5, 0.6) is 0 Å². The van der Waals surface area contributed by atoms with Crippen LogP contribution in [0.1, 0.15) is 12.5 Å².